The predicted octanol–water partition coefficient (Wildman–Crippen LogP) is 2.83. The zero-order valence-corrected chi connectivity index (χ0v) is 9.06. The smallest absolute Gasteiger partial charge is 0.334 e. The molecule has 78 valence electrons. The highest BCUT2D eigenvalue weighted by atomic mass is 16.5. The van der Waals surface area contributed by atoms with Crippen LogP contribution in [0.2, 0.25) is 0 Å². The number of ether oxygens (including phenoxy) is 1. The number of methoxy groups -OCH3 is 1. The van der Waals surface area contributed by atoms with Crippen molar-refractivity contribution in [2.45, 2.75) is 45.4 Å². The Kier molecular flexibility index (Phi) is 2.38. The summed E-state index contributed by atoms with van der Waals surface area (Å²) in [6, 6.07) is 0. The van der Waals surface area contributed by atoms with Crippen LogP contribution in [0.3, 0.4) is 0 Å². The van der Waals surface area contributed by atoms with Gasteiger partial charge in [0.1, 0.15) is 0 Å². The first-order chi connectivity index (χ1) is 6.69. The molecule has 2 nitrogen and oxygen atoms in total. The number of rotatable bonds is 1. The molecule has 0 saturated heterocycles. The third-order valence-corrected chi connectivity index (χ3v) is 3.89. The first-order valence-electron chi connectivity index (χ1n) is 5.48. The summed E-state index contributed by atoms with van der Waals surface area (Å²) >= 11 is 0. The minimum Gasteiger partial charge on any atom is -0.466 e. The Hall–Kier alpha value is -0.790. The molecule has 0 unspecified atom stereocenters. The largest absolute Gasteiger partial charge is 0.466 e. The molecule has 0 aromatic carbocycles. The fourth-order valence-corrected chi connectivity index (χ4v) is 3.17. The summed E-state index contributed by atoms with van der Waals surface area (Å²) in [6.07, 6.45) is 7.18. The van der Waals surface area contributed by atoms with Crippen LogP contribution >= 0.6 is 0 Å². The van der Waals surface area contributed by atoms with Gasteiger partial charge in [0.15, 0.2) is 0 Å². The van der Waals surface area contributed by atoms with Crippen LogP contribution in [0.1, 0.15) is 45.4 Å². The van der Waals surface area contributed by atoms with Crippen molar-refractivity contribution >= 4 is 5.97 Å². The molecule has 0 atom stereocenters. The fraction of sp³-hybridized carbons (Fsp3) is 0.750. The third kappa shape index (κ3) is 1.28. The Bertz CT molecular complexity index is 283. The number of carbonyl (C=O) groups excluding carboxylic acids is 1. The average molecular weight is 194 g/mol. The van der Waals surface area contributed by atoms with Crippen molar-refractivity contribution in [1.82, 2.24) is 0 Å². The molecule has 0 bridgehead atoms. The molecule has 1 spiro atoms. The fourth-order valence-electron chi connectivity index (χ4n) is 3.17. The summed E-state index contributed by atoms with van der Waals surface area (Å²) in [6.45, 7) is 2.08. The maximum atomic E-state index is 11.7. The topological polar surface area (TPSA) is 26.3 Å². The molecule has 0 aromatic heterocycles. The van der Waals surface area contributed by atoms with E-state index in [0.717, 1.165) is 12.0 Å². The first-order valence-corrected chi connectivity index (χ1v) is 5.48. The van der Waals surface area contributed by atoms with E-state index in [4.69, 9.17) is 4.74 Å². The number of carbonyl (C=O) groups is 1. The summed E-state index contributed by atoms with van der Waals surface area (Å²) < 4.78 is 4.89. The van der Waals surface area contributed by atoms with E-state index in [1.165, 1.54) is 44.8 Å². The van der Waals surface area contributed by atoms with Crippen molar-refractivity contribution in [3.05, 3.63) is 11.1 Å². The van der Waals surface area contributed by atoms with Gasteiger partial charge in [-0.3, -0.25) is 0 Å². The lowest BCUT2D eigenvalue weighted by Crippen LogP contribution is -2.22. The molecule has 0 heterocycles. The van der Waals surface area contributed by atoms with Crippen molar-refractivity contribution < 1.29 is 9.53 Å². The van der Waals surface area contributed by atoms with Crippen LogP contribution in [0.25, 0.3) is 0 Å². The molecule has 0 aromatic rings. The Balaban J connectivity index is 2.32. The summed E-state index contributed by atoms with van der Waals surface area (Å²) in [5.74, 6) is -0.0816. The molecular formula is C12H18O2. The number of hydrogen-bond acceptors (Lipinski definition) is 2. The van der Waals surface area contributed by atoms with Gasteiger partial charge in [0.05, 0.1) is 7.11 Å². The van der Waals surface area contributed by atoms with Gasteiger partial charge in [-0.15, -0.1) is 0 Å². The van der Waals surface area contributed by atoms with Gasteiger partial charge in [0.2, 0.25) is 0 Å². The Labute approximate surface area is 85.3 Å². The van der Waals surface area contributed by atoms with E-state index in [1.807, 2.05) is 0 Å². The molecule has 0 amide bonds. The van der Waals surface area contributed by atoms with Gasteiger partial charge < -0.3 is 4.74 Å². The minimum atomic E-state index is -0.0816. The van der Waals surface area contributed by atoms with Crippen LogP contribution in [-0.4, -0.2) is 13.1 Å². The van der Waals surface area contributed by atoms with E-state index in [9.17, 15) is 4.79 Å². The molecule has 0 radical (unpaired) electrons. The molecule has 0 aliphatic heterocycles. The van der Waals surface area contributed by atoms with Crippen LogP contribution in [0, 0.1) is 5.41 Å². The second-order valence-corrected chi connectivity index (χ2v) is 4.63. The lowest BCUT2D eigenvalue weighted by molar-refractivity contribution is -0.137. The minimum absolute atomic E-state index is 0.0816. The molecule has 0 N–H and O–H groups in total. The average Bonchev–Trinajstić information content (AvgIpc) is 2.76. The molecule has 14 heavy (non-hydrogen) atoms. The standard InChI is InChI=1S/C12H18O2/c1-9-5-8-12(6-3-4-7-12)10(9)11(13)14-2/h3-8H2,1-2H3. The van der Waals surface area contributed by atoms with E-state index in [0.29, 0.717) is 0 Å². The van der Waals surface area contributed by atoms with Crippen molar-refractivity contribution in [2.75, 3.05) is 7.11 Å². The second kappa shape index (κ2) is 3.41. The van der Waals surface area contributed by atoms with Gasteiger partial charge in [-0.1, -0.05) is 18.4 Å². The normalized spacial score (nSPS) is 24.7. The summed E-state index contributed by atoms with van der Waals surface area (Å²) in [5, 5.41) is 0. The Morgan fingerprint density at radius 3 is 2.50 bits per heavy atom. The van der Waals surface area contributed by atoms with Gasteiger partial charge in [-0.2, -0.15) is 0 Å². The SMILES string of the molecule is COC(=O)C1=C(C)CCC12CCCC2. The highest BCUT2D eigenvalue weighted by Gasteiger charge is 2.45. The molecule has 2 heteroatoms. The summed E-state index contributed by atoms with van der Waals surface area (Å²) in [7, 11) is 1.49. The van der Waals surface area contributed by atoms with Crippen LogP contribution < -0.4 is 0 Å². The van der Waals surface area contributed by atoms with Crippen LogP contribution in [0.5, 0.6) is 0 Å². The number of hydrogen-bond donors (Lipinski definition) is 0. The zero-order chi connectivity index (χ0) is 10.2. The van der Waals surface area contributed by atoms with Crippen molar-refractivity contribution in [1.29, 1.82) is 0 Å². The second-order valence-electron chi connectivity index (χ2n) is 4.63. The zero-order valence-electron chi connectivity index (χ0n) is 9.06. The maximum absolute atomic E-state index is 11.7. The summed E-state index contributed by atoms with van der Waals surface area (Å²) in [5.41, 5.74) is 2.48. The predicted molar refractivity (Wildman–Crippen MR) is 54.9 cm³/mol. The van der Waals surface area contributed by atoms with Crippen LogP contribution in [-0.2, 0) is 9.53 Å². The lowest BCUT2D eigenvalue weighted by atomic mass is 9.79. The lowest BCUT2D eigenvalue weighted by Gasteiger charge is -2.25. The van der Waals surface area contributed by atoms with E-state index in [2.05, 4.69) is 6.92 Å². The highest BCUT2D eigenvalue weighted by Crippen LogP contribution is 2.53. The number of esters is 1. The Morgan fingerprint density at radius 2 is 1.93 bits per heavy atom. The van der Waals surface area contributed by atoms with Crippen LogP contribution in [0.4, 0.5) is 0 Å². The third-order valence-electron chi connectivity index (χ3n) is 3.89. The highest BCUT2D eigenvalue weighted by molar-refractivity contribution is 5.91. The monoisotopic (exact) mass is 194 g/mol. The van der Waals surface area contributed by atoms with Gasteiger partial charge in [0.25, 0.3) is 0 Å². The maximum Gasteiger partial charge on any atom is 0.334 e. The first kappa shape index (κ1) is 9.75. The quantitative estimate of drug-likeness (QED) is 0.600. The van der Waals surface area contributed by atoms with Crippen molar-refractivity contribution in [2.24, 2.45) is 5.41 Å². The molecule has 2 rings (SSSR count). The molecule has 1 saturated carbocycles. The molecule has 2 aliphatic carbocycles. The summed E-state index contributed by atoms with van der Waals surface area (Å²) in [4.78, 5) is 11.7. The van der Waals surface area contributed by atoms with Crippen LogP contribution in [0.15, 0.2) is 11.1 Å². The van der Waals surface area contributed by atoms with E-state index >= 15 is 0 Å². The van der Waals surface area contributed by atoms with E-state index in [1.54, 1.807) is 0 Å². The molecule has 1 fully saturated rings. The molecule has 2 aliphatic rings. The van der Waals surface area contributed by atoms with Gasteiger partial charge in [-0.25, -0.2) is 4.79 Å². The van der Waals surface area contributed by atoms with Crippen molar-refractivity contribution in [3.63, 3.8) is 0 Å². The Morgan fingerprint density at radius 1 is 1.29 bits per heavy atom. The van der Waals surface area contributed by atoms with Gasteiger partial charge >= 0.3 is 5.97 Å². The molecular weight excluding hydrogens is 176 g/mol. The van der Waals surface area contributed by atoms with Crippen molar-refractivity contribution in [3.8, 4) is 0 Å². The van der Waals surface area contributed by atoms with Gasteiger partial charge in [-0.05, 0) is 32.6 Å². The number of allylic oxidation sites excluding steroid dienone is 1. The van der Waals surface area contributed by atoms with E-state index in [-0.39, 0.29) is 11.4 Å². The van der Waals surface area contributed by atoms with Gasteiger partial charge in [0, 0.05) is 11.0 Å². The van der Waals surface area contributed by atoms with E-state index < -0.39 is 0 Å².